The van der Waals surface area contributed by atoms with Gasteiger partial charge >= 0.3 is 0 Å². The van der Waals surface area contributed by atoms with E-state index in [4.69, 9.17) is 0 Å². The van der Waals surface area contributed by atoms with Crippen LogP contribution in [0.5, 0.6) is 11.5 Å². The number of hydrogen-bond donors (Lipinski definition) is 4. The Morgan fingerprint density at radius 1 is 1.13 bits per heavy atom. The number of rotatable bonds is 4. The normalized spacial score (nSPS) is 11.1. The van der Waals surface area contributed by atoms with E-state index >= 15 is 0 Å². The third-order valence-electron chi connectivity index (χ3n) is 3.55. The van der Waals surface area contributed by atoms with Crippen LogP contribution in [0.1, 0.15) is 11.1 Å². The number of amides is 1. The molecule has 3 rings (SSSR count). The molecule has 0 aliphatic heterocycles. The lowest BCUT2D eigenvalue weighted by atomic mass is 10.1. The van der Waals surface area contributed by atoms with Crippen LogP contribution in [0.15, 0.2) is 54.7 Å². The van der Waals surface area contributed by atoms with Gasteiger partial charge in [0.2, 0.25) is 5.91 Å². The van der Waals surface area contributed by atoms with E-state index in [9.17, 15) is 15.0 Å². The number of phenols is 2. The Balaban J connectivity index is 1.63. The SMILES string of the molecule is O=C(/C=C/c1ccc(O)c(O)c1)NCc1c[nH]c2ccccc12. The standard InChI is InChI=1S/C18H16N2O3/c21-16-7-5-12(9-17(16)22)6-8-18(23)20-11-13-10-19-15-4-2-1-3-14(13)15/h1-10,19,21-22H,11H2,(H,20,23)/b8-6+. The highest BCUT2D eigenvalue weighted by molar-refractivity contribution is 5.92. The summed E-state index contributed by atoms with van der Waals surface area (Å²) in [5.74, 6) is -0.639. The number of carbonyl (C=O) groups is 1. The predicted molar refractivity (Wildman–Crippen MR) is 89.0 cm³/mol. The lowest BCUT2D eigenvalue weighted by molar-refractivity contribution is -0.116. The number of aromatic nitrogens is 1. The molecule has 0 aliphatic rings. The molecule has 5 nitrogen and oxygen atoms in total. The first-order valence-electron chi connectivity index (χ1n) is 7.16. The molecular formula is C18H16N2O3. The molecule has 1 amide bonds. The first-order valence-corrected chi connectivity index (χ1v) is 7.16. The van der Waals surface area contributed by atoms with Crippen molar-refractivity contribution in [2.24, 2.45) is 0 Å². The van der Waals surface area contributed by atoms with Gasteiger partial charge in [0.1, 0.15) is 0 Å². The molecule has 0 atom stereocenters. The molecule has 1 heterocycles. The Labute approximate surface area is 132 Å². The van der Waals surface area contributed by atoms with Crippen molar-refractivity contribution in [1.29, 1.82) is 0 Å². The summed E-state index contributed by atoms with van der Waals surface area (Å²) in [6.45, 7) is 0.425. The van der Waals surface area contributed by atoms with Gasteiger partial charge in [-0.2, -0.15) is 0 Å². The van der Waals surface area contributed by atoms with E-state index in [0.29, 0.717) is 12.1 Å². The zero-order chi connectivity index (χ0) is 16.2. The molecule has 0 radical (unpaired) electrons. The van der Waals surface area contributed by atoms with Gasteiger partial charge in [-0.25, -0.2) is 0 Å². The number of para-hydroxylation sites is 1. The van der Waals surface area contributed by atoms with E-state index in [0.717, 1.165) is 16.5 Å². The topological polar surface area (TPSA) is 85.3 Å². The highest BCUT2D eigenvalue weighted by Gasteiger charge is 2.04. The Bertz CT molecular complexity index is 881. The number of aromatic hydroxyl groups is 2. The molecule has 0 saturated heterocycles. The van der Waals surface area contributed by atoms with Gasteiger partial charge in [0.15, 0.2) is 11.5 Å². The number of H-pyrrole nitrogens is 1. The second-order valence-electron chi connectivity index (χ2n) is 5.16. The summed E-state index contributed by atoms with van der Waals surface area (Å²) >= 11 is 0. The second-order valence-corrected chi connectivity index (χ2v) is 5.16. The number of aromatic amines is 1. The summed E-state index contributed by atoms with van der Waals surface area (Å²) in [7, 11) is 0. The monoisotopic (exact) mass is 308 g/mol. The summed E-state index contributed by atoms with van der Waals surface area (Å²) < 4.78 is 0. The molecule has 2 aromatic carbocycles. The fraction of sp³-hybridized carbons (Fsp3) is 0.0556. The predicted octanol–water partition coefficient (Wildman–Crippen LogP) is 2.91. The van der Waals surface area contributed by atoms with Crippen molar-refractivity contribution in [3.05, 3.63) is 65.9 Å². The van der Waals surface area contributed by atoms with Gasteiger partial charge in [0, 0.05) is 29.7 Å². The smallest absolute Gasteiger partial charge is 0.244 e. The van der Waals surface area contributed by atoms with Crippen LogP contribution in [-0.4, -0.2) is 21.1 Å². The van der Waals surface area contributed by atoms with Crippen molar-refractivity contribution >= 4 is 22.9 Å². The van der Waals surface area contributed by atoms with Crippen molar-refractivity contribution in [1.82, 2.24) is 10.3 Å². The highest BCUT2D eigenvalue weighted by atomic mass is 16.3. The van der Waals surface area contributed by atoms with Crippen LogP contribution in [-0.2, 0) is 11.3 Å². The van der Waals surface area contributed by atoms with E-state index < -0.39 is 0 Å². The van der Waals surface area contributed by atoms with Gasteiger partial charge < -0.3 is 20.5 Å². The average Bonchev–Trinajstić information content (AvgIpc) is 2.97. The number of benzene rings is 2. The van der Waals surface area contributed by atoms with Crippen LogP contribution in [0.4, 0.5) is 0 Å². The first kappa shape index (κ1) is 14.7. The van der Waals surface area contributed by atoms with E-state index in [-0.39, 0.29) is 17.4 Å². The van der Waals surface area contributed by atoms with E-state index in [2.05, 4.69) is 10.3 Å². The molecular weight excluding hydrogens is 292 g/mol. The maximum absolute atomic E-state index is 11.9. The van der Waals surface area contributed by atoms with Crippen molar-refractivity contribution < 1.29 is 15.0 Å². The third-order valence-corrected chi connectivity index (χ3v) is 3.55. The molecule has 0 spiro atoms. The molecule has 116 valence electrons. The third kappa shape index (κ3) is 3.35. The summed E-state index contributed by atoms with van der Waals surface area (Å²) in [6.07, 6.45) is 4.84. The van der Waals surface area contributed by atoms with Crippen LogP contribution in [0.25, 0.3) is 17.0 Å². The van der Waals surface area contributed by atoms with Crippen molar-refractivity contribution in [2.75, 3.05) is 0 Å². The minimum atomic E-state index is -0.233. The quantitative estimate of drug-likeness (QED) is 0.441. The number of nitrogens with one attached hydrogen (secondary N) is 2. The maximum Gasteiger partial charge on any atom is 0.244 e. The number of phenolic OH excluding ortho intramolecular Hbond substituents is 2. The Morgan fingerprint density at radius 2 is 1.96 bits per heavy atom. The molecule has 4 N–H and O–H groups in total. The Hall–Kier alpha value is -3.21. The van der Waals surface area contributed by atoms with Gasteiger partial charge in [0.25, 0.3) is 0 Å². The van der Waals surface area contributed by atoms with Gasteiger partial charge in [0.05, 0.1) is 0 Å². The fourth-order valence-electron chi connectivity index (χ4n) is 2.34. The van der Waals surface area contributed by atoms with Crippen LogP contribution < -0.4 is 5.32 Å². The Kier molecular flexibility index (Phi) is 4.01. The van der Waals surface area contributed by atoms with E-state index in [1.54, 1.807) is 12.1 Å². The lowest BCUT2D eigenvalue weighted by Gasteiger charge is -2.01. The molecule has 0 aliphatic carbocycles. The van der Waals surface area contributed by atoms with Crippen molar-refractivity contribution in [3.63, 3.8) is 0 Å². The zero-order valence-electron chi connectivity index (χ0n) is 12.3. The summed E-state index contributed by atoms with van der Waals surface area (Å²) in [5, 5.41) is 22.5. The summed E-state index contributed by atoms with van der Waals surface area (Å²) in [5.41, 5.74) is 2.68. The molecule has 3 aromatic rings. The zero-order valence-corrected chi connectivity index (χ0v) is 12.3. The van der Waals surface area contributed by atoms with Crippen LogP contribution in [0.2, 0.25) is 0 Å². The van der Waals surface area contributed by atoms with Gasteiger partial charge in [-0.15, -0.1) is 0 Å². The molecule has 0 fully saturated rings. The molecule has 1 aromatic heterocycles. The highest BCUT2D eigenvalue weighted by Crippen LogP contribution is 2.25. The van der Waals surface area contributed by atoms with Gasteiger partial charge in [-0.05, 0) is 35.4 Å². The van der Waals surface area contributed by atoms with Gasteiger partial charge in [-0.3, -0.25) is 4.79 Å². The van der Waals surface area contributed by atoms with Crippen LogP contribution in [0.3, 0.4) is 0 Å². The minimum Gasteiger partial charge on any atom is -0.504 e. The molecule has 23 heavy (non-hydrogen) atoms. The van der Waals surface area contributed by atoms with Crippen molar-refractivity contribution in [3.8, 4) is 11.5 Å². The van der Waals surface area contributed by atoms with Gasteiger partial charge in [-0.1, -0.05) is 24.3 Å². The maximum atomic E-state index is 11.9. The van der Waals surface area contributed by atoms with Crippen LogP contribution >= 0.6 is 0 Å². The summed E-state index contributed by atoms with van der Waals surface area (Å²) in [6, 6.07) is 12.3. The Morgan fingerprint density at radius 3 is 2.78 bits per heavy atom. The van der Waals surface area contributed by atoms with E-state index in [1.165, 1.54) is 18.2 Å². The lowest BCUT2D eigenvalue weighted by Crippen LogP contribution is -2.19. The number of fused-ring (bicyclic) bond motifs is 1. The number of carbonyl (C=O) groups excluding carboxylic acids is 1. The summed E-state index contributed by atoms with van der Waals surface area (Å²) in [4.78, 5) is 15.0. The first-order chi connectivity index (χ1) is 11.1. The molecule has 0 unspecified atom stereocenters. The average molecular weight is 308 g/mol. The molecule has 5 heteroatoms. The molecule has 0 bridgehead atoms. The van der Waals surface area contributed by atoms with E-state index in [1.807, 2.05) is 30.5 Å². The van der Waals surface area contributed by atoms with Crippen molar-refractivity contribution in [2.45, 2.75) is 6.54 Å². The minimum absolute atomic E-state index is 0.189. The van der Waals surface area contributed by atoms with Crippen LogP contribution in [0, 0.1) is 0 Å². The fourth-order valence-corrected chi connectivity index (χ4v) is 2.34. The largest absolute Gasteiger partial charge is 0.504 e. The number of hydrogen-bond acceptors (Lipinski definition) is 3. The second kappa shape index (κ2) is 6.27. The molecule has 0 saturated carbocycles.